The maximum absolute atomic E-state index is 12.1. The van der Waals surface area contributed by atoms with E-state index in [0.29, 0.717) is 5.69 Å². The molecule has 1 aromatic carbocycles. The van der Waals surface area contributed by atoms with E-state index in [9.17, 15) is 4.79 Å². The van der Waals surface area contributed by atoms with Crippen LogP contribution in [0.4, 0.5) is 5.69 Å². The molecule has 1 amide bonds. The molecule has 0 saturated carbocycles. The first-order valence-electron chi connectivity index (χ1n) is 5.79. The molecule has 0 aliphatic rings. The van der Waals surface area contributed by atoms with E-state index in [1.54, 1.807) is 11.3 Å². The highest BCUT2D eigenvalue weighted by Crippen LogP contribution is 2.19. The lowest BCUT2D eigenvalue weighted by Crippen LogP contribution is -2.13. The maximum atomic E-state index is 12.1. The van der Waals surface area contributed by atoms with Crippen molar-refractivity contribution in [3.8, 4) is 0 Å². The number of hydrogen-bond donors (Lipinski definition) is 1. The van der Waals surface area contributed by atoms with Crippen molar-refractivity contribution in [2.45, 2.75) is 27.7 Å². The molecule has 0 aliphatic heterocycles. The van der Waals surface area contributed by atoms with E-state index >= 15 is 0 Å². The zero-order chi connectivity index (χ0) is 13.3. The molecule has 0 fully saturated rings. The fraction of sp³-hybridized carbons (Fsp3) is 0.286. The first-order valence-corrected chi connectivity index (χ1v) is 6.61. The number of thiazole rings is 1. The second-order valence-corrected chi connectivity index (χ2v) is 5.88. The van der Waals surface area contributed by atoms with Gasteiger partial charge in [-0.15, -0.1) is 11.3 Å². The molecule has 18 heavy (non-hydrogen) atoms. The normalized spacial score (nSPS) is 10.4. The number of anilines is 1. The van der Waals surface area contributed by atoms with Crippen LogP contribution in [0.2, 0.25) is 0 Å². The van der Waals surface area contributed by atoms with Crippen LogP contribution in [0, 0.1) is 27.7 Å². The van der Waals surface area contributed by atoms with Crippen LogP contribution in [-0.4, -0.2) is 10.9 Å². The summed E-state index contributed by atoms with van der Waals surface area (Å²) in [6.45, 7) is 7.86. The molecule has 3 nitrogen and oxygen atoms in total. The molecule has 2 aromatic rings. The third-order valence-electron chi connectivity index (χ3n) is 2.60. The molecule has 2 rings (SSSR count). The van der Waals surface area contributed by atoms with Gasteiger partial charge in [0.15, 0.2) is 0 Å². The second-order valence-electron chi connectivity index (χ2n) is 4.47. The number of rotatable bonds is 2. The summed E-state index contributed by atoms with van der Waals surface area (Å²) >= 11 is 1.54. The lowest BCUT2D eigenvalue weighted by atomic mass is 10.1. The number of amides is 1. The summed E-state index contributed by atoms with van der Waals surface area (Å²) in [5.74, 6) is -0.137. The topological polar surface area (TPSA) is 42.0 Å². The van der Waals surface area contributed by atoms with E-state index in [0.717, 1.165) is 26.7 Å². The van der Waals surface area contributed by atoms with Gasteiger partial charge >= 0.3 is 0 Å². The first-order chi connectivity index (χ1) is 8.45. The maximum Gasteiger partial charge on any atom is 0.275 e. The number of carbonyl (C=O) groups is 1. The Balaban J connectivity index is 2.23. The molecule has 0 saturated heterocycles. The third-order valence-corrected chi connectivity index (χ3v) is 3.48. The minimum absolute atomic E-state index is 0.137. The van der Waals surface area contributed by atoms with Gasteiger partial charge in [0, 0.05) is 10.6 Å². The van der Waals surface area contributed by atoms with Crippen molar-refractivity contribution in [3.05, 3.63) is 44.9 Å². The summed E-state index contributed by atoms with van der Waals surface area (Å²) in [6.07, 6.45) is 0. The molecule has 0 aliphatic carbocycles. The van der Waals surface area contributed by atoms with Gasteiger partial charge in [0.05, 0.1) is 5.01 Å². The highest BCUT2D eigenvalue weighted by molar-refractivity contribution is 7.11. The Morgan fingerprint density at radius 2 is 1.72 bits per heavy atom. The van der Waals surface area contributed by atoms with Crippen molar-refractivity contribution in [1.29, 1.82) is 0 Å². The van der Waals surface area contributed by atoms with E-state index in [2.05, 4.69) is 16.4 Å². The molecule has 1 aromatic heterocycles. The molecule has 0 radical (unpaired) electrons. The molecular weight excluding hydrogens is 244 g/mol. The zero-order valence-electron chi connectivity index (χ0n) is 11.0. The smallest absolute Gasteiger partial charge is 0.275 e. The van der Waals surface area contributed by atoms with Crippen LogP contribution in [-0.2, 0) is 0 Å². The predicted octanol–water partition coefficient (Wildman–Crippen LogP) is 3.63. The molecule has 0 bridgehead atoms. The summed E-state index contributed by atoms with van der Waals surface area (Å²) in [6, 6.07) is 5.99. The van der Waals surface area contributed by atoms with E-state index < -0.39 is 0 Å². The Kier molecular flexibility index (Phi) is 3.48. The molecule has 4 heteroatoms. The summed E-state index contributed by atoms with van der Waals surface area (Å²) in [5, 5.41) is 3.81. The SMILES string of the molecule is Cc1cc(C)cc(NC(=O)c2nc(C)sc2C)c1. The Bertz CT molecular complexity index is 582. The van der Waals surface area contributed by atoms with E-state index in [-0.39, 0.29) is 5.91 Å². The van der Waals surface area contributed by atoms with E-state index in [4.69, 9.17) is 0 Å². The molecule has 0 atom stereocenters. The van der Waals surface area contributed by atoms with Crippen LogP contribution in [0.1, 0.15) is 31.5 Å². The monoisotopic (exact) mass is 260 g/mol. The van der Waals surface area contributed by atoms with Gasteiger partial charge in [0.1, 0.15) is 5.69 Å². The van der Waals surface area contributed by atoms with Crippen LogP contribution in [0.15, 0.2) is 18.2 Å². The fourth-order valence-corrected chi connectivity index (χ4v) is 2.79. The molecule has 1 heterocycles. The third kappa shape index (κ3) is 2.76. The summed E-state index contributed by atoms with van der Waals surface area (Å²) < 4.78 is 0. The van der Waals surface area contributed by atoms with Crippen LogP contribution in [0.5, 0.6) is 0 Å². The molecule has 1 N–H and O–H groups in total. The van der Waals surface area contributed by atoms with Crippen molar-refractivity contribution in [2.24, 2.45) is 0 Å². The number of benzene rings is 1. The number of hydrogen-bond acceptors (Lipinski definition) is 3. The Hall–Kier alpha value is -1.68. The zero-order valence-corrected chi connectivity index (χ0v) is 11.8. The summed E-state index contributed by atoms with van der Waals surface area (Å²) in [5.41, 5.74) is 3.62. The van der Waals surface area contributed by atoms with Gasteiger partial charge in [-0.2, -0.15) is 0 Å². The number of aromatic nitrogens is 1. The van der Waals surface area contributed by atoms with E-state index in [1.807, 2.05) is 39.8 Å². The fourth-order valence-electron chi connectivity index (χ4n) is 1.98. The van der Waals surface area contributed by atoms with Gasteiger partial charge in [-0.05, 0) is 51.0 Å². The van der Waals surface area contributed by atoms with Gasteiger partial charge in [-0.1, -0.05) is 6.07 Å². The average Bonchev–Trinajstić information content (AvgIpc) is 2.56. The van der Waals surface area contributed by atoms with Gasteiger partial charge < -0.3 is 5.32 Å². The number of aryl methyl sites for hydroxylation is 4. The van der Waals surface area contributed by atoms with Gasteiger partial charge in [-0.25, -0.2) is 4.98 Å². The lowest BCUT2D eigenvalue weighted by Gasteiger charge is -2.06. The number of carbonyl (C=O) groups excluding carboxylic acids is 1. The Labute approximate surface area is 111 Å². The van der Waals surface area contributed by atoms with Crippen molar-refractivity contribution in [3.63, 3.8) is 0 Å². The van der Waals surface area contributed by atoms with Gasteiger partial charge in [-0.3, -0.25) is 4.79 Å². The molecular formula is C14H16N2OS. The Morgan fingerprint density at radius 1 is 1.11 bits per heavy atom. The number of nitrogens with zero attached hydrogens (tertiary/aromatic N) is 1. The molecule has 94 valence electrons. The van der Waals surface area contributed by atoms with E-state index in [1.165, 1.54) is 0 Å². The van der Waals surface area contributed by atoms with Crippen LogP contribution in [0.25, 0.3) is 0 Å². The van der Waals surface area contributed by atoms with Crippen LogP contribution < -0.4 is 5.32 Å². The summed E-state index contributed by atoms with van der Waals surface area (Å²) in [7, 11) is 0. The minimum atomic E-state index is -0.137. The highest BCUT2D eigenvalue weighted by atomic mass is 32.1. The number of nitrogens with one attached hydrogen (secondary N) is 1. The van der Waals surface area contributed by atoms with Crippen molar-refractivity contribution >= 4 is 22.9 Å². The minimum Gasteiger partial charge on any atom is -0.321 e. The lowest BCUT2D eigenvalue weighted by molar-refractivity contribution is 0.102. The highest BCUT2D eigenvalue weighted by Gasteiger charge is 2.14. The largest absolute Gasteiger partial charge is 0.321 e. The second kappa shape index (κ2) is 4.90. The Morgan fingerprint density at radius 3 is 2.22 bits per heavy atom. The quantitative estimate of drug-likeness (QED) is 0.896. The predicted molar refractivity (Wildman–Crippen MR) is 75.5 cm³/mol. The molecule has 0 unspecified atom stereocenters. The van der Waals surface area contributed by atoms with Gasteiger partial charge in [0.25, 0.3) is 5.91 Å². The molecule has 0 spiro atoms. The van der Waals surface area contributed by atoms with Gasteiger partial charge in [0.2, 0.25) is 0 Å². The van der Waals surface area contributed by atoms with Crippen LogP contribution >= 0.6 is 11.3 Å². The average molecular weight is 260 g/mol. The summed E-state index contributed by atoms with van der Waals surface area (Å²) in [4.78, 5) is 17.3. The first kappa shape index (κ1) is 12.8. The standard InChI is InChI=1S/C14H16N2OS/c1-8-5-9(2)7-12(6-8)16-14(17)13-10(3)18-11(4)15-13/h5-7H,1-4H3,(H,16,17). The van der Waals surface area contributed by atoms with Crippen molar-refractivity contribution < 1.29 is 4.79 Å². The van der Waals surface area contributed by atoms with Crippen molar-refractivity contribution in [1.82, 2.24) is 4.98 Å². The van der Waals surface area contributed by atoms with Crippen LogP contribution in [0.3, 0.4) is 0 Å². The van der Waals surface area contributed by atoms with Crippen molar-refractivity contribution in [2.75, 3.05) is 5.32 Å².